The van der Waals surface area contributed by atoms with E-state index in [0.717, 1.165) is 31.7 Å². The van der Waals surface area contributed by atoms with Gasteiger partial charge >= 0.3 is 0 Å². The van der Waals surface area contributed by atoms with Crippen molar-refractivity contribution in [1.82, 2.24) is 10.6 Å². The SMILES string of the molecule is CCNC(=NCC(=O)Nc1cccc(F)c1)NCCCCSC. The van der Waals surface area contributed by atoms with Gasteiger partial charge in [0.1, 0.15) is 12.4 Å². The smallest absolute Gasteiger partial charge is 0.246 e. The molecule has 0 aliphatic rings. The lowest BCUT2D eigenvalue weighted by atomic mass is 10.3. The fraction of sp³-hybridized carbons (Fsp3) is 0.500. The van der Waals surface area contributed by atoms with Crippen LogP contribution in [-0.4, -0.2) is 43.5 Å². The molecule has 0 bridgehead atoms. The molecule has 128 valence electrons. The quantitative estimate of drug-likeness (QED) is 0.367. The zero-order valence-electron chi connectivity index (χ0n) is 13.7. The van der Waals surface area contributed by atoms with Gasteiger partial charge in [-0.2, -0.15) is 11.8 Å². The Labute approximate surface area is 141 Å². The van der Waals surface area contributed by atoms with Gasteiger partial charge in [0, 0.05) is 18.8 Å². The van der Waals surface area contributed by atoms with E-state index in [1.807, 2.05) is 18.7 Å². The molecule has 1 amide bonds. The molecule has 1 aromatic rings. The Morgan fingerprint density at radius 3 is 2.83 bits per heavy atom. The highest BCUT2D eigenvalue weighted by molar-refractivity contribution is 7.98. The molecule has 0 radical (unpaired) electrons. The number of unbranched alkanes of at least 4 members (excludes halogenated alkanes) is 1. The van der Waals surface area contributed by atoms with Crippen molar-refractivity contribution in [1.29, 1.82) is 0 Å². The van der Waals surface area contributed by atoms with Crippen molar-refractivity contribution in [2.24, 2.45) is 4.99 Å². The summed E-state index contributed by atoms with van der Waals surface area (Å²) in [5.41, 5.74) is 0.431. The lowest BCUT2D eigenvalue weighted by molar-refractivity contribution is -0.114. The minimum Gasteiger partial charge on any atom is -0.357 e. The fourth-order valence-electron chi connectivity index (χ4n) is 1.84. The topological polar surface area (TPSA) is 65.5 Å². The van der Waals surface area contributed by atoms with Gasteiger partial charge in [-0.1, -0.05) is 6.07 Å². The molecule has 0 unspecified atom stereocenters. The second-order valence-electron chi connectivity index (χ2n) is 4.88. The van der Waals surface area contributed by atoms with Gasteiger partial charge in [0.2, 0.25) is 5.91 Å². The average molecular weight is 340 g/mol. The Hall–Kier alpha value is -1.76. The number of thioether (sulfide) groups is 1. The lowest BCUT2D eigenvalue weighted by Crippen LogP contribution is -2.38. The second-order valence-corrected chi connectivity index (χ2v) is 5.87. The van der Waals surface area contributed by atoms with E-state index in [0.29, 0.717) is 11.6 Å². The zero-order valence-corrected chi connectivity index (χ0v) is 14.5. The number of hydrogen-bond donors (Lipinski definition) is 3. The first-order chi connectivity index (χ1) is 11.2. The average Bonchev–Trinajstić information content (AvgIpc) is 2.52. The number of anilines is 1. The summed E-state index contributed by atoms with van der Waals surface area (Å²) >= 11 is 1.83. The van der Waals surface area contributed by atoms with E-state index in [1.54, 1.807) is 12.1 Å². The molecule has 0 saturated heterocycles. The summed E-state index contributed by atoms with van der Waals surface area (Å²) in [5.74, 6) is 1.10. The number of halogens is 1. The molecule has 0 fully saturated rings. The van der Waals surface area contributed by atoms with Crippen LogP contribution >= 0.6 is 11.8 Å². The predicted molar refractivity (Wildman–Crippen MR) is 96.6 cm³/mol. The molecule has 5 nitrogen and oxygen atoms in total. The zero-order chi connectivity index (χ0) is 16.9. The van der Waals surface area contributed by atoms with Gasteiger partial charge in [-0.3, -0.25) is 4.79 Å². The highest BCUT2D eigenvalue weighted by atomic mass is 32.2. The number of benzene rings is 1. The van der Waals surface area contributed by atoms with Crippen molar-refractivity contribution in [2.75, 3.05) is 37.0 Å². The van der Waals surface area contributed by atoms with E-state index in [2.05, 4.69) is 27.2 Å². The standard InChI is InChI=1S/C16H25FN4OS/c1-3-18-16(19-9-4-5-10-23-2)20-12-15(22)21-14-8-6-7-13(17)11-14/h6-8,11H,3-5,9-10,12H2,1-2H3,(H,21,22)(H2,18,19,20). The van der Waals surface area contributed by atoms with Crippen LogP contribution in [0.1, 0.15) is 19.8 Å². The van der Waals surface area contributed by atoms with Crippen molar-refractivity contribution < 1.29 is 9.18 Å². The van der Waals surface area contributed by atoms with E-state index in [9.17, 15) is 9.18 Å². The van der Waals surface area contributed by atoms with Crippen molar-refractivity contribution in [2.45, 2.75) is 19.8 Å². The highest BCUT2D eigenvalue weighted by Crippen LogP contribution is 2.08. The van der Waals surface area contributed by atoms with Gasteiger partial charge in [0.15, 0.2) is 5.96 Å². The first kappa shape index (κ1) is 19.3. The third-order valence-corrected chi connectivity index (χ3v) is 3.60. The van der Waals surface area contributed by atoms with Crippen LogP contribution in [0.5, 0.6) is 0 Å². The van der Waals surface area contributed by atoms with Gasteiger partial charge in [-0.05, 0) is 50.0 Å². The van der Waals surface area contributed by atoms with E-state index in [4.69, 9.17) is 0 Å². The third kappa shape index (κ3) is 9.07. The molecule has 0 spiro atoms. The maximum absolute atomic E-state index is 13.1. The van der Waals surface area contributed by atoms with Crippen LogP contribution in [0.15, 0.2) is 29.3 Å². The van der Waals surface area contributed by atoms with E-state index >= 15 is 0 Å². The number of carbonyl (C=O) groups excluding carboxylic acids is 1. The van der Waals surface area contributed by atoms with Crippen LogP contribution in [0, 0.1) is 5.82 Å². The molecular formula is C16H25FN4OS. The van der Waals surface area contributed by atoms with Crippen LogP contribution in [-0.2, 0) is 4.79 Å². The molecule has 0 aliphatic heterocycles. The maximum atomic E-state index is 13.1. The number of aliphatic imine (C=N–C) groups is 1. The van der Waals surface area contributed by atoms with Gasteiger partial charge in [-0.25, -0.2) is 9.38 Å². The Morgan fingerprint density at radius 2 is 2.13 bits per heavy atom. The minimum absolute atomic E-state index is 0.0172. The van der Waals surface area contributed by atoms with Crippen molar-refractivity contribution in [3.63, 3.8) is 0 Å². The summed E-state index contributed by atoms with van der Waals surface area (Å²) in [6, 6.07) is 5.79. The van der Waals surface area contributed by atoms with E-state index < -0.39 is 0 Å². The normalized spacial score (nSPS) is 11.2. The second kappa shape index (κ2) is 11.8. The minimum atomic E-state index is -0.383. The van der Waals surface area contributed by atoms with Crippen LogP contribution in [0.4, 0.5) is 10.1 Å². The number of hydrogen-bond acceptors (Lipinski definition) is 3. The monoisotopic (exact) mass is 340 g/mol. The molecule has 3 N–H and O–H groups in total. The van der Waals surface area contributed by atoms with Gasteiger partial charge in [0.25, 0.3) is 0 Å². The Kier molecular flexibility index (Phi) is 9.86. The highest BCUT2D eigenvalue weighted by Gasteiger charge is 2.03. The summed E-state index contributed by atoms with van der Waals surface area (Å²) in [6.07, 6.45) is 4.30. The van der Waals surface area contributed by atoms with Crippen molar-refractivity contribution in [3.8, 4) is 0 Å². The van der Waals surface area contributed by atoms with Crippen molar-refractivity contribution in [3.05, 3.63) is 30.1 Å². The fourth-order valence-corrected chi connectivity index (χ4v) is 2.33. The first-order valence-electron chi connectivity index (χ1n) is 7.72. The Bertz CT molecular complexity index is 511. The molecule has 0 saturated carbocycles. The molecule has 1 aromatic carbocycles. The number of carbonyl (C=O) groups is 1. The first-order valence-corrected chi connectivity index (χ1v) is 9.11. The molecule has 0 aromatic heterocycles. The molecule has 0 aliphatic carbocycles. The maximum Gasteiger partial charge on any atom is 0.246 e. The molecule has 1 rings (SSSR count). The lowest BCUT2D eigenvalue weighted by Gasteiger charge is -2.11. The van der Waals surface area contributed by atoms with E-state index in [-0.39, 0.29) is 18.3 Å². The summed E-state index contributed by atoms with van der Waals surface area (Å²) in [4.78, 5) is 16.1. The van der Waals surface area contributed by atoms with Crippen molar-refractivity contribution >= 4 is 29.3 Å². The molecule has 7 heteroatoms. The molecule has 0 heterocycles. The summed E-state index contributed by atoms with van der Waals surface area (Å²) in [7, 11) is 0. The molecule has 23 heavy (non-hydrogen) atoms. The van der Waals surface area contributed by atoms with Gasteiger partial charge in [-0.15, -0.1) is 0 Å². The predicted octanol–water partition coefficient (Wildman–Crippen LogP) is 2.46. The largest absolute Gasteiger partial charge is 0.357 e. The van der Waals surface area contributed by atoms with Gasteiger partial charge in [0.05, 0.1) is 0 Å². The van der Waals surface area contributed by atoms with Crippen LogP contribution in [0.25, 0.3) is 0 Å². The van der Waals surface area contributed by atoms with Crippen LogP contribution < -0.4 is 16.0 Å². The van der Waals surface area contributed by atoms with Crippen LogP contribution in [0.2, 0.25) is 0 Å². The number of rotatable bonds is 9. The number of amides is 1. The number of nitrogens with zero attached hydrogens (tertiary/aromatic N) is 1. The molecular weight excluding hydrogens is 315 g/mol. The van der Waals surface area contributed by atoms with Gasteiger partial charge < -0.3 is 16.0 Å². The molecule has 0 atom stereocenters. The number of nitrogens with one attached hydrogen (secondary N) is 3. The summed E-state index contributed by atoms with van der Waals surface area (Å²) in [6.45, 7) is 3.49. The summed E-state index contributed by atoms with van der Waals surface area (Å²) in [5, 5.41) is 8.91. The summed E-state index contributed by atoms with van der Waals surface area (Å²) < 4.78 is 13.1. The Morgan fingerprint density at radius 1 is 1.30 bits per heavy atom. The Balaban J connectivity index is 2.41. The van der Waals surface area contributed by atoms with E-state index in [1.165, 1.54) is 12.1 Å². The van der Waals surface area contributed by atoms with Crippen LogP contribution in [0.3, 0.4) is 0 Å². The third-order valence-electron chi connectivity index (χ3n) is 2.90. The number of guanidine groups is 1.